The minimum atomic E-state index is -0.134. The summed E-state index contributed by atoms with van der Waals surface area (Å²) in [6.07, 6.45) is 8.52. The predicted octanol–water partition coefficient (Wildman–Crippen LogP) is 6.46. The van der Waals surface area contributed by atoms with Crippen molar-refractivity contribution in [3.05, 3.63) is 140 Å². The van der Waals surface area contributed by atoms with E-state index in [-0.39, 0.29) is 37.4 Å². The Balaban J connectivity index is 1.34. The molecule has 0 aliphatic rings. The molecule has 9 nitrogen and oxygen atoms in total. The Hall–Kier alpha value is -5.54. The molecule has 0 fully saturated rings. The molecule has 0 bridgehead atoms. The molecule has 1 aromatic heterocycles. The van der Waals surface area contributed by atoms with E-state index < -0.39 is 0 Å². The molecule has 4 aromatic carbocycles. The highest BCUT2D eigenvalue weighted by atomic mass is 16.2. The summed E-state index contributed by atoms with van der Waals surface area (Å²) in [6, 6.07) is 38.4. The maximum Gasteiger partial charge on any atom is 0.264 e. The summed E-state index contributed by atoms with van der Waals surface area (Å²) >= 11 is 0. The first-order valence-electron chi connectivity index (χ1n) is 17.3. The van der Waals surface area contributed by atoms with Crippen LogP contribution in [0.1, 0.15) is 26.2 Å². The lowest BCUT2D eigenvalue weighted by atomic mass is 10.2. The minimum absolute atomic E-state index is 0.0389. The Bertz CT molecular complexity index is 1600. The van der Waals surface area contributed by atoms with Crippen LogP contribution >= 0.6 is 0 Å². The molecule has 0 aliphatic carbocycles. The van der Waals surface area contributed by atoms with Gasteiger partial charge in [0, 0.05) is 42.9 Å². The zero-order chi connectivity index (χ0) is 35.1. The molecule has 0 N–H and O–H groups in total. The fraction of sp³-hybridized carbons (Fsp3) is 0.268. The summed E-state index contributed by atoms with van der Waals surface area (Å²) in [6.45, 7) is 4.39. The Morgan fingerprint density at radius 3 is 1.46 bits per heavy atom. The quantitative estimate of drug-likeness (QED) is 0.107. The number of rotatable bonds is 17. The molecule has 0 saturated heterocycles. The van der Waals surface area contributed by atoms with Crippen molar-refractivity contribution in [2.45, 2.75) is 39.3 Å². The van der Waals surface area contributed by atoms with E-state index in [0.717, 1.165) is 42.1 Å². The fourth-order valence-corrected chi connectivity index (χ4v) is 5.86. The first-order valence-corrected chi connectivity index (χ1v) is 17.3. The molecule has 0 atom stereocenters. The largest absolute Gasteiger partial charge is 0.342 e. The molecular formula is C41H47N6O3+. The lowest BCUT2D eigenvalue weighted by Gasteiger charge is -2.30. The molecule has 9 heteroatoms. The maximum absolute atomic E-state index is 14.2. The van der Waals surface area contributed by atoms with E-state index in [4.69, 9.17) is 0 Å². The number of para-hydroxylation sites is 4. The van der Waals surface area contributed by atoms with Crippen LogP contribution in [-0.2, 0) is 27.5 Å². The summed E-state index contributed by atoms with van der Waals surface area (Å²) in [4.78, 5) is 48.3. The highest BCUT2D eigenvalue weighted by Gasteiger charge is 2.25. The van der Waals surface area contributed by atoms with E-state index in [1.54, 1.807) is 14.7 Å². The van der Waals surface area contributed by atoms with Crippen LogP contribution in [0.3, 0.4) is 0 Å². The van der Waals surface area contributed by atoms with Gasteiger partial charge in [-0.2, -0.15) is 0 Å². The third-order valence-electron chi connectivity index (χ3n) is 8.50. The van der Waals surface area contributed by atoms with Crippen molar-refractivity contribution in [3.8, 4) is 0 Å². The van der Waals surface area contributed by atoms with Crippen LogP contribution < -0.4 is 14.4 Å². The number of imidazole rings is 1. The average Bonchev–Trinajstić information content (AvgIpc) is 3.59. The molecule has 0 spiro atoms. The van der Waals surface area contributed by atoms with Crippen molar-refractivity contribution in [2.24, 2.45) is 0 Å². The van der Waals surface area contributed by atoms with Crippen molar-refractivity contribution in [1.82, 2.24) is 14.4 Å². The van der Waals surface area contributed by atoms with Gasteiger partial charge >= 0.3 is 0 Å². The van der Waals surface area contributed by atoms with Crippen molar-refractivity contribution in [2.75, 3.05) is 43.0 Å². The first-order chi connectivity index (χ1) is 24.4. The Morgan fingerprint density at radius 2 is 1.04 bits per heavy atom. The smallest absolute Gasteiger partial charge is 0.264 e. The number of nitrogens with zero attached hydrogens (tertiary/aromatic N) is 6. The molecule has 0 saturated carbocycles. The summed E-state index contributed by atoms with van der Waals surface area (Å²) in [5, 5.41) is 0. The number of anilines is 4. The maximum atomic E-state index is 14.2. The van der Waals surface area contributed by atoms with E-state index >= 15 is 0 Å². The monoisotopic (exact) mass is 671 g/mol. The van der Waals surface area contributed by atoms with Crippen LogP contribution in [0.2, 0.25) is 0 Å². The van der Waals surface area contributed by atoms with Gasteiger partial charge in [0.15, 0.2) is 6.54 Å². The lowest BCUT2D eigenvalue weighted by molar-refractivity contribution is -0.696. The molecule has 1 heterocycles. The van der Waals surface area contributed by atoms with E-state index in [9.17, 15) is 14.4 Å². The number of likely N-dealkylation sites (N-methyl/N-ethyl adjacent to an activating group) is 1. The third-order valence-corrected chi connectivity index (χ3v) is 8.50. The second kappa shape index (κ2) is 18.3. The van der Waals surface area contributed by atoms with Gasteiger partial charge in [-0.1, -0.05) is 86.1 Å². The van der Waals surface area contributed by atoms with Crippen LogP contribution in [0.15, 0.2) is 140 Å². The van der Waals surface area contributed by atoms with Crippen LogP contribution in [0.5, 0.6) is 0 Å². The zero-order valence-corrected chi connectivity index (χ0v) is 29.1. The Labute approximate surface area is 295 Å². The van der Waals surface area contributed by atoms with Crippen LogP contribution in [-0.4, -0.2) is 65.3 Å². The summed E-state index contributed by atoms with van der Waals surface area (Å²) in [5.74, 6) is -0.191. The molecule has 0 aliphatic heterocycles. The van der Waals surface area contributed by atoms with Gasteiger partial charge in [0.2, 0.25) is 18.1 Å². The number of hydrogen-bond donors (Lipinski definition) is 0. The van der Waals surface area contributed by atoms with Crippen molar-refractivity contribution >= 4 is 40.5 Å². The Kier molecular flexibility index (Phi) is 13.1. The average molecular weight is 672 g/mol. The molecule has 0 radical (unpaired) electrons. The molecule has 3 amide bonds. The Morgan fingerprint density at radius 1 is 0.600 bits per heavy atom. The minimum Gasteiger partial charge on any atom is -0.342 e. The zero-order valence-electron chi connectivity index (χ0n) is 29.1. The van der Waals surface area contributed by atoms with Gasteiger partial charge in [-0.05, 0) is 61.4 Å². The predicted molar refractivity (Wildman–Crippen MR) is 198 cm³/mol. The van der Waals surface area contributed by atoms with Crippen molar-refractivity contribution < 1.29 is 19.0 Å². The molecule has 5 aromatic rings. The highest BCUT2D eigenvalue weighted by Crippen LogP contribution is 2.27. The number of hydrogen-bond acceptors (Lipinski definition) is 4. The number of unbranched alkanes of at least 4 members (excludes halogenated alkanes) is 1. The second-order valence-corrected chi connectivity index (χ2v) is 12.4. The lowest BCUT2D eigenvalue weighted by Crippen LogP contribution is -2.45. The topological polar surface area (TPSA) is 73.0 Å². The highest BCUT2D eigenvalue weighted by molar-refractivity contribution is 6.03. The normalized spacial score (nSPS) is 10.9. The van der Waals surface area contributed by atoms with Gasteiger partial charge in [-0.3, -0.25) is 29.1 Å². The number of benzene rings is 4. The first kappa shape index (κ1) is 35.8. The van der Waals surface area contributed by atoms with Gasteiger partial charge in [0.1, 0.15) is 12.4 Å². The van der Waals surface area contributed by atoms with Gasteiger partial charge in [-0.15, -0.1) is 0 Å². The van der Waals surface area contributed by atoms with Gasteiger partial charge in [0.25, 0.3) is 5.91 Å². The summed E-state index contributed by atoms with van der Waals surface area (Å²) in [5.41, 5.74) is 3.04. The number of carbonyl (C=O) groups excluding carboxylic acids is 3. The number of aromatic nitrogens is 2. The van der Waals surface area contributed by atoms with Crippen LogP contribution in [0, 0.1) is 0 Å². The molecule has 258 valence electrons. The standard InChI is InChI=1S/C41H47N6O3/c1-3-4-26-42(2)39(48)31-45-30-29-43(34-45)27-17-28-44(32-40(49)46(35-18-9-5-10-19-35)36-20-11-6-12-21-36)33-41(50)47(37-22-13-7-14-23-37)38-24-15-8-16-25-38/h5-16,18-25,29-30,34H,3-4,17,26-28,31-33H2,1-2H3/q+1. The van der Waals surface area contributed by atoms with Crippen LogP contribution in [0.4, 0.5) is 22.7 Å². The number of carbonyl (C=O) groups is 3. The van der Waals surface area contributed by atoms with E-state index in [1.807, 2.05) is 161 Å². The van der Waals surface area contributed by atoms with Crippen LogP contribution in [0.25, 0.3) is 0 Å². The second-order valence-electron chi connectivity index (χ2n) is 12.4. The summed E-state index contributed by atoms with van der Waals surface area (Å²) < 4.78 is 3.94. The fourth-order valence-electron chi connectivity index (χ4n) is 5.86. The third kappa shape index (κ3) is 9.99. The van der Waals surface area contributed by atoms with Gasteiger partial charge in [0.05, 0.1) is 19.6 Å². The van der Waals surface area contributed by atoms with Gasteiger partial charge < -0.3 is 4.90 Å². The SMILES string of the molecule is CCCCN(C)C(=O)Cn1cc[n+](CCCN(CC(=O)N(c2ccccc2)c2ccccc2)CC(=O)N(c2ccccc2)c2ccccc2)c1. The molecular weight excluding hydrogens is 624 g/mol. The van der Waals surface area contributed by atoms with E-state index in [0.29, 0.717) is 19.5 Å². The van der Waals surface area contributed by atoms with E-state index in [1.165, 1.54) is 0 Å². The van der Waals surface area contributed by atoms with Gasteiger partial charge in [-0.25, -0.2) is 9.13 Å². The number of amides is 3. The molecule has 0 unspecified atom stereocenters. The molecule has 5 rings (SSSR count). The van der Waals surface area contributed by atoms with Crippen molar-refractivity contribution in [1.29, 1.82) is 0 Å². The number of aryl methyl sites for hydroxylation is 1. The van der Waals surface area contributed by atoms with Crippen molar-refractivity contribution in [3.63, 3.8) is 0 Å². The molecule has 50 heavy (non-hydrogen) atoms. The van der Waals surface area contributed by atoms with E-state index in [2.05, 4.69) is 6.92 Å². The summed E-state index contributed by atoms with van der Waals surface area (Å²) in [7, 11) is 1.85.